The summed E-state index contributed by atoms with van der Waals surface area (Å²) in [6.45, 7) is 4.87. The summed E-state index contributed by atoms with van der Waals surface area (Å²) < 4.78 is 0. The number of aliphatic imine (C=N–C) groups is 1. The first kappa shape index (κ1) is 39.8. The minimum atomic E-state index is -1.09. The van der Waals surface area contributed by atoms with Crippen LogP contribution in [0.25, 0.3) is 10.9 Å². The van der Waals surface area contributed by atoms with E-state index in [0.717, 1.165) is 45.4 Å². The SMILES string of the molecule is CN(CCCCN(C)CCCNC(=O)C(CC(N)=O)NC(=O)Cc1c[nH]c2cccc(O)c12)CCCNC(=O)C(N)CCCN=C(N)N. The van der Waals surface area contributed by atoms with Gasteiger partial charge in [0.2, 0.25) is 23.6 Å². The van der Waals surface area contributed by atoms with E-state index in [1.165, 1.54) is 6.07 Å². The predicted octanol–water partition coefficient (Wildman–Crippen LogP) is -1.19. The van der Waals surface area contributed by atoms with Crippen molar-refractivity contribution in [1.82, 2.24) is 30.7 Å². The van der Waals surface area contributed by atoms with Gasteiger partial charge in [0, 0.05) is 36.7 Å². The van der Waals surface area contributed by atoms with E-state index in [1.54, 1.807) is 18.3 Å². The molecule has 1 heterocycles. The summed E-state index contributed by atoms with van der Waals surface area (Å²) in [5.74, 6) is -1.73. The van der Waals surface area contributed by atoms with Gasteiger partial charge >= 0.3 is 0 Å². The van der Waals surface area contributed by atoms with Crippen LogP contribution >= 0.6 is 0 Å². The first-order valence-corrected chi connectivity index (χ1v) is 16.5. The number of carbonyl (C=O) groups excluding carboxylic acids is 4. The monoisotopic (exact) mass is 673 g/mol. The van der Waals surface area contributed by atoms with Crippen molar-refractivity contribution in [3.8, 4) is 5.75 Å². The van der Waals surface area contributed by atoms with Crippen LogP contribution in [0.3, 0.4) is 0 Å². The van der Waals surface area contributed by atoms with Gasteiger partial charge in [-0.25, -0.2) is 0 Å². The van der Waals surface area contributed by atoms with E-state index in [-0.39, 0.29) is 30.5 Å². The minimum Gasteiger partial charge on any atom is -0.507 e. The number of unbranched alkanes of at least 4 members (excludes halogenated alkanes) is 1. The number of nitrogens with zero attached hydrogens (tertiary/aromatic N) is 3. The molecule has 1 aromatic carbocycles. The summed E-state index contributed by atoms with van der Waals surface area (Å²) in [6, 6.07) is 3.35. The van der Waals surface area contributed by atoms with Crippen LogP contribution in [0.15, 0.2) is 29.4 Å². The Balaban J connectivity index is 1.57. The highest BCUT2D eigenvalue weighted by Gasteiger charge is 2.23. The topological polar surface area (TPSA) is 263 Å². The molecule has 0 aliphatic carbocycles. The molecule has 0 saturated heterocycles. The second-order valence-corrected chi connectivity index (χ2v) is 12.1. The lowest BCUT2D eigenvalue weighted by atomic mass is 10.1. The maximum absolute atomic E-state index is 12.8. The van der Waals surface area contributed by atoms with Gasteiger partial charge in [0.15, 0.2) is 5.96 Å². The van der Waals surface area contributed by atoms with E-state index in [9.17, 15) is 24.3 Å². The standard InChI is InChI=1S/C32H55N11O5/c1-42(17-7-13-37-30(47)23(33)9-6-12-39-32(35)36)15-3-4-16-43(2)18-8-14-38-31(48)25(20-27(34)45)41-28(46)19-22-21-40-24-10-5-11-26(44)29(22)24/h5,10-11,21,23,25,40,44H,3-4,6-9,12-20,33H2,1-2H3,(H2,34,45)(H,37,47)(H,38,48)(H,41,46)(H4,35,36,39). The Hall–Kier alpha value is -4.41. The lowest BCUT2D eigenvalue weighted by Crippen LogP contribution is -2.49. The van der Waals surface area contributed by atoms with Crippen LogP contribution in [0.2, 0.25) is 0 Å². The van der Waals surface area contributed by atoms with E-state index in [1.807, 2.05) is 7.05 Å². The molecule has 13 N–H and O–H groups in total. The molecule has 48 heavy (non-hydrogen) atoms. The molecular formula is C32H55N11O5. The third kappa shape index (κ3) is 15.5. The highest BCUT2D eigenvalue weighted by Crippen LogP contribution is 2.27. The van der Waals surface area contributed by atoms with Crippen LogP contribution < -0.4 is 38.9 Å². The number of hydrogen-bond acceptors (Lipinski definition) is 9. The number of primary amides is 1. The number of guanidine groups is 1. The fraction of sp³-hybridized carbons (Fsp3) is 0.594. The third-order valence-corrected chi connectivity index (χ3v) is 7.84. The molecule has 0 aliphatic rings. The van der Waals surface area contributed by atoms with Crippen molar-refractivity contribution in [2.24, 2.45) is 27.9 Å². The maximum Gasteiger partial charge on any atom is 0.243 e. The average molecular weight is 674 g/mol. The predicted molar refractivity (Wildman–Crippen MR) is 187 cm³/mol. The molecular weight excluding hydrogens is 618 g/mol. The number of hydrogen-bond donors (Lipinski definition) is 9. The summed E-state index contributed by atoms with van der Waals surface area (Å²) in [5, 5.41) is 19.0. The Morgan fingerprint density at radius 3 is 2.10 bits per heavy atom. The number of aromatic amines is 1. The summed E-state index contributed by atoms with van der Waals surface area (Å²) >= 11 is 0. The van der Waals surface area contributed by atoms with Crippen LogP contribution in [-0.2, 0) is 25.6 Å². The molecule has 0 aliphatic heterocycles. The van der Waals surface area contributed by atoms with E-state index in [0.29, 0.717) is 55.4 Å². The van der Waals surface area contributed by atoms with Gasteiger partial charge in [-0.15, -0.1) is 0 Å². The van der Waals surface area contributed by atoms with Gasteiger partial charge in [-0.1, -0.05) is 6.07 Å². The van der Waals surface area contributed by atoms with E-state index < -0.39 is 29.8 Å². The van der Waals surface area contributed by atoms with E-state index >= 15 is 0 Å². The van der Waals surface area contributed by atoms with Gasteiger partial charge in [-0.05, 0) is 96.5 Å². The highest BCUT2D eigenvalue weighted by atomic mass is 16.3. The zero-order chi connectivity index (χ0) is 35.5. The number of nitrogens with one attached hydrogen (secondary N) is 4. The fourth-order valence-electron chi connectivity index (χ4n) is 5.22. The number of phenolic OH excluding ortho intramolecular Hbond substituents is 1. The number of aromatic hydroxyl groups is 1. The Morgan fingerprint density at radius 2 is 1.50 bits per heavy atom. The number of H-pyrrole nitrogens is 1. The number of amides is 4. The largest absolute Gasteiger partial charge is 0.507 e. The quantitative estimate of drug-likeness (QED) is 0.0366. The summed E-state index contributed by atoms with van der Waals surface area (Å²) in [5.41, 5.74) is 23.1. The average Bonchev–Trinajstić information content (AvgIpc) is 3.44. The zero-order valence-corrected chi connectivity index (χ0v) is 28.3. The maximum atomic E-state index is 12.8. The van der Waals surface area contributed by atoms with Crippen LogP contribution in [0, 0.1) is 0 Å². The molecule has 0 spiro atoms. The van der Waals surface area contributed by atoms with E-state index in [2.05, 4.69) is 42.8 Å². The molecule has 2 rings (SSSR count). The smallest absolute Gasteiger partial charge is 0.243 e. The molecule has 0 bridgehead atoms. The summed E-state index contributed by atoms with van der Waals surface area (Å²) in [7, 11) is 4.09. The molecule has 16 nitrogen and oxygen atoms in total. The van der Waals surface area contributed by atoms with Crippen molar-refractivity contribution < 1.29 is 24.3 Å². The van der Waals surface area contributed by atoms with Gasteiger partial charge in [0.05, 0.1) is 18.9 Å². The molecule has 1 aromatic heterocycles. The highest BCUT2D eigenvalue weighted by molar-refractivity contribution is 5.95. The molecule has 16 heteroatoms. The fourth-order valence-corrected chi connectivity index (χ4v) is 5.22. The van der Waals surface area contributed by atoms with Crippen LogP contribution in [0.1, 0.15) is 50.5 Å². The Kier molecular flexibility index (Phi) is 17.8. The van der Waals surface area contributed by atoms with Crippen molar-refractivity contribution in [3.63, 3.8) is 0 Å². The summed E-state index contributed by atoms with van der Waals surface area (Å²) in [6.07, 6.45) is 5.94. The number of carbonyl (C=O) groups is 4. The number of benzene rings is 1. The normalized spacial score (nSPS) is 12.5. The van der Waals surface area contributed by atoms with Gasteiger partial charge in [0.1, 0.15) is 11.8 Å². The Bertz CT molecular complexity index is 1340. The van der Waals surface area contributed by atoms with Crippen molar-refractivity contribution in [1.29, 1.82) is 0 Å². The minimum absolute atomic E-state index is 0.0320. The van der Waals surface area contributed by atoms with Crippen molar-refractivity contribution in [2.45, 2.75) is 63.5 Å². The number of nitrogens with two attached hydrogens (primary N) is 4. The van der Waals surface area contributed by atoms with Crippen LogP contribution in [0.5, 0.6) is 5.75 Å². The van der Waals surface area contributed by atoms with Crippen molar-refractivity contribution in [3.05, 3.63) is 30.0 Å². The van der Waals surface area contributed by atoms with Crippen molar-refractivity contribution >= 4 is 40.5 Å². The second-order valence-electron chi connectivity index (χ2n) is 12.1. The molecule has 2 unspecified atom stereocenters. The van der Waals surface area contributed by atoms with Gasteiger partial charge < -0.3 is 58.8 Å². The molecule has 2 aromatic rings. The van der Waals surface area contributed by atoms with E-state index in [4.69, 9.17) is 22.9 Å². The van der Waals surface area contributed by atoms with Gasteiger partial charge in [-0.3, -0.25) is 24.2 Å². The number of phenols is 1. The third-order valence-electron chi connectivity index (χ3n) is 7.84. The van der Waals surface area contributed by atoms with Crippen molar-refractivity contribution in [2.75, 3.05) is 59.9 Å². The number of aromatic nitrogens is 1. The molecule has 2 atom stereocenters. The Morgan fingerprint density at radius 1 is 0.896 bits per heavy atom. The number of rotatable bonds is 24. The molecule has 0 saturated carbocycles. The lowest BCUT2D eigenvalue weighted by molar-refractivity contribution is -0.131. The first-order valence-electron chi connectivity index (χ1n) is 16.5. The van der Waals surface area contributed by atoms with Crippen LogP contribution in [-0.4, -0.2) is 121 Å². The molecule has 0 radical (unpaired) electrons. The molecule has 0 fully saturated rings. The molecule has 268 valence electrons. The number of fused-ring (bicyclic) bond motifs is 1. The first-order chi connectivity index (χ1) is 22.9. The molecule has 4 amide bonds. The Labute approximate surface area is 282 Å². The van der Waals surface area contributed by atoms with Crippen LogP contribution in [0.4, 0.5) is 0 Å². The van der Waals surface area contributed by atoms with Gasteiger partial charge in [0.25, 0.3) is 0 Å². The zero-order valence-electron chi connectivity index (χ0n) is 28.3. The lowest BCUT2D eigenvalue weighted by Gasteiger charge is -2.20. The summed E-state index contributed by atoms with van der Waals surface area (Å²) in [4.78, 5) is 60.6. The second kappa shape index (κ2) is 21.5. The van der Waals surface area contributed by atoms with Gasteiger partial charge in [-0.2, -0.15) is 0 Å².